The Morgan fingerprint density at radius 2 is 2.07 bits per heavy atom. The lowest BCUT2D eigenvalue weighted by Gasteiger charge is -2.28. The SMILES string of the molecule is NCC1(OCCC2CCCO2)CCCC1. The van der Waals surface area contributed by atoms with Crippen molar-refractivity contribution in [1.82, 2.24) is 0 Å². The van der Waals surface area contributed by atoms with E-state index in [0.717, 1.165) is 32.5 Å². The Hall–Kier alpha value is -0.120. The molecular formula is C12H23NO2. The van der Waals surface area contributed by atoms with Crippen LogP contribution in [0.15, 0.2) is 0 Å². The van der Waals surface area contributed by atoms with Crippen molar-refractivity contribution in [2.24, 2.45) is 5.73 Å². The fraction of sp³-hybridized carbons (Fsp3) is 1.00. The molecule has 0 bridgehead atoms. The maximum absolute atomic E-state index is 6.00. The Balaban J connectivity index is 1.67. The van der Waals surface area contributed by atoms with Crippen LogP contribution >= 0.6 is 0 Å². The van der Waals surface area contributed by atoms with Crippen LogP contribution in [0.25, 0.3) is 0 Å². The summed E-state index contributed by atoms with van der Waals surface area (Å²) in [5, 5.41) is 0. The molecule has 0 aromatic heterocycles. The second-order valence-corrected chi connectivity index (χ2v) is 4.87. The van der Waals surface area contributed by atoms with E-state index >= 15 is 0 Å². The zero-order valence-corrected chi connectivity index (χ0v) is 9.54. The molecule has 1 saturated carbocycles. The highest BCUT2D eigenvalue weighted by Crippen LogP contribution is 2.32. The summed E-state index contributed by atoms with van der Waals surface area (Å²) >= 11 is 0. The third kappa shape index (κ3) is 2.92. The van der Waals surface area contributed by atoms with E-state index in [2.05, 4.69) is 0 Å². The second kappa shape index (κ2) is 5.28. The minimum absolute atomic E-state index is 0.0125. The summed E-state index contributed by atoms with van der Waals surface area (Å²) in [6.45, 7) is 2.44. The molecule has 1 atom stereocenters. The van der Waals surface area contributed by atoms with Crippen molar-refractivity contribution in [1.29, 1.82) is 0 Å². The van der Waals surface area contributed by atoms with Crippen molar-refractivity contribution in [3.8, 4) is 0 Å². The van der Waals surface area contributed by atoms with Gasteiger partial charge in [-0.1, -0.05) is 12.8 Å². The first-order chi connectivity index (χ1) is 7.35. The molecular weight excluding hydrogens is 190 g/mol. The standard InChI is InChI=1S/C12H23NO2/c13-10-12(6-1-2-7-12)15-9-5-11-4-3-8-14-11/h11H,1-10,13H2. The van der Waals surface area contributed by atoms with Crippen molar-refractivity contribution in [3.05, 3.63) is 0 Å². The normalized spacial score (nSPS) is 29.8. The molecule has 1 aliphatic carbocycles. The van der Waals surface area contributed by atoms with E-state index < -0.39 is 0 Å². The monoisotopic (exact) mass is 213 g/mol. The molecule has 0 spiro atoms. The topological polar surface area (TPSA) is 44.5 Å². The highest BCUT2D eigenvalue weighted by atomic mass is 16.5. The molecule has 88 valence electrons. The van der Waals surface area contributed by atoms with Crippen LogP contribution in [0.2, 0.25) is 0 Å². The molecule has 0 aromatic rings. The van der Waals surface area contributed by atoms with Gasteiger partial charge in [0.25, 0.3) is 0 Å². The zero-order valence-electron chi connectivity index (χ0n) is 9.54. The fourth-order valence-electron chi connectivity index (χ4n) is 2.71. The minimum Gasteiger partial charge on any atom is -0.378 e. The first-order valence-corrected chi connectivity index (χ1v) is 6.30. The number of nitrogens with two attached hydrogens (primary N) is 1. The van der Waals surface area contributed by atoms with Gasteiger partial charge in [0.05, 0.1) is 11.7 Å². The predicted octanol–water partition coefficient (Wildman–Crippen LogP) is 1.84. The number of ether oxygens (including phenoxy) is 2. The third-order valence-corrected chi connectivity index (χ3v) is 3.76. The number of hydrogen-bond acceptors (Lipinski definition) is 3. The summed E-state index contributed by atoms with van der Waals surface area (Å²) in [4.78, 5) is 0. The van der Waals surface area contributed by atoms with Crippen molar-refractivity contribution in [2.75, 3.05) is 19.8 Å². The van der Waals surface area contributed by atoms with Gasteiger partial charge in [-0.2, -0.15) is 0 Å². The lowest BCUT2D eigenvalue weighted by molar-refractivity contribution is -0.0474. The van der Waals surface area contributed by atoms with E-state index in [1.807, 2.05) is 0 Å². The van der Waals surface area contributed by atoms with E-state index in [9.17, 15) is 0 Å². The summed E-state index contributed by atoms with van der Waals surface area (Å²) < 4.78 is 11.6. The van der Waals surface area contributed by atoms with Gasteiger partial charge in [-0.3, -0.25) is 0 Å². The van der Waals surface area contributed by atoms with Gasteiger partial charge in [0, 0.05) is 19.8 Å². The smallest absolute Gasteiger partial charge is 0.0804 e. The van der Waals surface area contributed by atoms with Crippen LogP contribution in [0.1, 0.15) is 44.9 Å². The van der Waals surface area contributed by atoms with Crippen molar-refractivity contribution in [3.63, 3.8) is 0 Å². The third-order valence-electron chi connectivity index (χ3n) is 3.76. The number of rotatable bonds is 5. The summed E-state index contributed by atoms with van der Waals surface area (Å²) in [5.74, 6) is 0. The Morgan fingerprint density at radius 3 is 2.67 bits per heavy atom. The first kappa shape index (κ1) is 11.4. The van der Waals surface area contributed by atoms with Gasteiger partial charge in [0.1, 0.15) is 0 Å². The summed E-state index contributed by atoms with van der Waals surface area (Å²) in [6, 6.07) is 0. The highest BCUT2D eigenvalue weighted by Gasteiger charge is 2.33. The summed E-state index contributed by atoms with van der Waals surface area (Å²) in [7, 11) is 0. The lowest BCUT2D eigenvalue weighted by Crippen LogP contribution is -2.38. The van der Waals surface area contributed by atoms with Gasteiger partial charge < -0.3 is 15.2 Å². The molecule has 1 saturated heterocycles. The quantitative estimate of drug-likeness (QED) is 0.758. The van der Waals surface area contributed by atoms with Gasteiger partial charge >= 0.3 is 0 Å². The summed E-state index contributed by atoms with van der Waals surface area (Å²) in [6.07, 6.45) is 8.76. The Kier molecular flexibility index (Phi) is 4.00. The van der Waals surface area contributed by atoms with E-state index in [-0.39, 0.29) is 5.60 Å². The molecule has 0 aromatic carbocycles. The predicted molar refractivity (Wildman–Crippen MR) is 59.8 cm³/mol. The average Bonchev–Trinajstić information content (AvgIpc) is 2.89. The maximum Gasteiger partial charge on any atom is 0.0804 e. The van der Waals surface area contributed by atoms with Crippen molar-refractivity contribution >= 4 is 0 Å². The van der Waals surface area contributed by atoms with E-state index in [4.69, 9.17) is 15.2 Å². The van der Waals surface area contributed by atoms with Crippen LogP contribution in [0, 0.1) is 0 Å². The van der Waals surface area contributed by atoms with E-state index in [0.29, 0.717) is 12.6 Å². The largest absolute Gasteiger partial charge is 0.378 e. The molecule has 2 N–H and O–H groups in total. The van der Waals surface area contributed by atoms with Crippen LogP contribution in [0.3, 0.4) is 0 Å². The Bertz CT molecular complexity index is 184. The van der Waals surface area contributed by atoms with Gasteiger partial charge in [0.2, 0.25) is 0 Å². The van der Waals surface area contributed by atoms with Crippen LogP contribution in [0.5, 0.6) is 0 Å². The molecule has 15 heavy (non-hydrogen) atoms. The average molecular weight is 213 g/mol. The molecule has 2 rings (SSSR count). The van der Waals surface area contributed by atoms with E-state index in [1.165, 1.54) is 25.7 Å². The highest BCUT2D eigenvalue weighted by molar-refractivity contribution is 4.87. The minimum atomic E-state index is 0.0125. The van der Waals surface area contributed by atoms with Crippen LogP contribution in [0.4, 0.5) is 0 Å². The van der Waals surface area contributed by atoms with Gasteiger partial charge in [-0.25, -0.2) is 0 Å². The molecule has 1 heterocycles. The molecule has 0 amide bonds. The summed E-state index contributed by atoms with van der Waals surface area (Å²) in [5.41, 5.74) is 5.82. The molecule has 2 fully saturated rings. The first-order valence-electron chi connectivity index (χ1n) is 6.30. The lowest BCUT2D eigenvalue weighted by atomic mass is 10.0. The van der Waals surface area contributed by atoms with Crippen molar-refractivity contribution in [2.45, 2.75) is 56.7 Å². The zero-order chi connectivity index (χ0) is 10.6. The van der Waals surface area contributed by atoms with Crippen LogP contribution in [-0.4, -0.2) is 31.5 Å². The molecule has 0 radical (unpaired) electrons. The molecule has 3 nitrogen and oxygen atoms in total. The Morgan fingerprint density at radius 1 is 1.27 bits per heavy atom. The number of hydrogen-bond donors (Lipinski definition) is 1. The van der Waals surface area contributed by atoms with E-state index in [1.54, 1.807) is 0 Å². The Labute approximate surface area is 92.3 Å². The molecule has 3 heteroatoms. The maximum atomic E-state index is 6.00. The van der Waals surface area contributed by atoms with Gasteiger partial charge in [0.15, 0.2) is 0 Å². The van der Waals surface area contributed by atoms with Gasteiger partial charge in [-0.15, -0.1) is 0 Å². The van der Waals surface area contributed by atoms with Crippen molar-refractivity contribution < 1.29 is 9.47 Å². The molecule has 2 aliphatic rings. The van der Waals surface area contributed by atoms with Gasteiger partial charge in [-0.05, 0) is 32.1 Å². The fourth-order valence-corrected chi connectivity index (χ4v) is 2.71. The van der Waals surface area contributed by atoms with Crippen LogP contribution in [-0.2, 0) is 9.47 Å². The molecule has 1 aliphatic heterocycles. The van der Waals surface area contributed by atoms with Crippen LogP contribution < -0.4 is 5.73 Å². The second-order valence-electron chi connectivity index (χ2n) is 4.87. The molecule has 1 unspecified atom stereocenters.